The summed E-state index contributed by atoms with van der Waals surface area (Å²) in [6, 6.07) is 0. The van der Waals surface area contributed by atoms with E-state index < -0.39 is 5.41 Å². The molecule has 2 aliphatic carbocycles. The Bertz CT molecular complexity index is 331. The normalized spacial score (nSPS) is 24.3. The van der Waals surface area contributed by atoms with E-state index in [0.29, 0.717) is 5.92 Å². The van der Waals surface area contributed by atoms with Gasteiger partial charge in [-0.2, -0.15) is 0 Å². The molecule has 0 spiro atoms. The first-order valence-electron chi connectivity index (χ1n) is 7.11. The molecule has 2 saturated carbocycles. The molecule has 0 radical (unpaired) electrons. The van der Waals surface area contributed by atoms with Crippen molar-refractivity contribution in [3.05, 3.63) is 0 Å². The molecule has 2 rings (SSSR count). The maximum atomic E-state index is 12.2. The predicted molar refractivity (Wildman–Crippen MR) is 69.6 cm³/mol. The van der Waals surface area contributed by atoms with Crippen molar-refractivity contribution in [3.63, 3.8) is 0 Å². The highest BCUT2D eigenvalue weighted by Crippen LogP contribution is 2.48. The van der Waals surface area contributed by atoms with E-state index in [-0.39, 0.29) is 17.7 Å². The summed E-state index contributed by atoms with van der Waals surface area (Å²) in [5.74, 6) is 0.132. The summed E-state index contributed by atoms with van der Waals surface area (Å²) in [4.78, 5) is 24.1. The van der Waals surface area contributed by atoms with Crippen molar-refractivity contribution in [2.45, 2.75) is 51.4 Å². The number of carbonyl (C=O) groups excluding carboxylic acids is 2. The summed E-state index contributed by atoms with van der Waals surface area (Å²) in [5, 5.41) is 2.73. The third-order valence-corrected chi connectivity index (χ3v) is 5.01. The Balaban J connectivity index is 2.19. The SMILES string of the molecule is CNC(=O)C(CC1CCC1)C1(C(N)=O)CCCC1. The van der Waals surface area contributed by atoms with Crippen LogP contribution in [-0.2, 0) is 9.59 Å². The Labute approximate surface area is 109 Å². The fourth-order valence-electron chi connectivity index (χ4n) is 3.59. The van der Waals surface area contributed by atoms with Crippen LogP contribution in [0.5, 0.6) is 0 Å². The molecular formula is C14H24N2O2. The zero-order chi connectivity index (χ0) is 13.2. The molecule has 102 valence electrons. The van der Waals surface area contributed by atoms with Gasteiger partial charge in [-0.05, 0) is 25.2 Å². The summed E-state index contributed by atoms with van der Waals surface area (Å²) in [6.45, 7) is 0. The molecule has 18 heavy (non-hydrogen) atoms. The van der Waals surface area contributed by atoms with Crippen molar-refractivity contribution in [3.8, 4) is 0 Å². The van der Waals surface area contributed by atoms with Gasteiger partial charge in [0.05, 0.1) is 11.3 Å². The zero-order valence-corrected chi connectivity index (χ0v) is 11.2. The maximum absolute atomic E-state index is 12.2. The van der Waals surface area contributed by atoms with E-state index in [0.717, 1.165) is 32.1 Å². The molecule has 0 aromatic rings. The maximum Gasteiger partial charge on any atom is 0.224 e. The number of hydrogen-bond donors (Lipinski definition) is 2. The minimum Gasteiger partial charge on any atom is -0.369 e. The number of nitrogens with one attached hydrogen (secondary N) is 1. The highest BCUT2D eigenvalue weighted by atomic mass is 16.2. The first-order chi connectivity index (χ1) is 8.60. The van der Waals surface area contributed by atoms with E-state index >= 15 is 0 Å². The second kappa shape index (κ2) is 5.29. The molecule has 0 bridgehead atoms. The summed E-state index contributed by atoms with van der Waals surface area (Å²) in [5.41, 5.74) is 5.07. The Morgan fingerprint density at radius 3 is 2.28 bits per heavy atom. The average Bonchev–Trinajstić information content (AvgIpc) is 2.77. The van der Waals surface area contributed by atoms with Gasteiger partial charge in [0.15, 0.2) is 0 Å². The molecule has 3 N–H and O–H groups in total. The molecule has 2 aliphatic rings. The van der Waals surface area contributed by atoms with Gasteiger partial charge >= 0.3 is 0 Å². The van der Waals surface area contributed by atoms with Gasteiger partial charge in [-0.15, -0.1) is 0 Å². The molecular weight excluding hydrogens is 228 g/mol. The van der Waals surface area contributed by atoms with Crippen LogP contribution in [0.4, 0.5) is 0 Å². The van der Waals surface area contributed by atoms with Crippen molar-refractivity contribution >= 4 is 11.8 Å². The number of primary amides is 1. The Morgan fingerprint density at radius 2 is 1.89 bits per heavy atom. The number of amides is 2. The quantitative estimate of drug-likeness (QED) is 0.779. The molecule has 0 aromatic carbocycles. The molecule has 0 aromatic heterocycles. The van der Waals surface area contributed by atoms with E-state index in [1.54, 1.807) is 7.05 Å². The van der Waals surface area contributed by atoms with Gasteiger partial charge < -0.3 is 11.1 Å². The van der Waals surface area contributed by atoms with Gasteiger partial charge in [-0.1, -0.05) is 32.1 Å². The van der Waals surface area contributed by atoms with Crippen LogP contribution in [0.15, 0.2) is 0 Å². The van der Waals surface area contributed by atoms with Crippen LogP contribution in [0, 0.1) is 17.3 Å². The van der Waals surface area contributed by atoms with E-state index in [1.165, 1.54) is 19.3 Å². The predicted octanol–water partition coefficient (Wildman–Crippen LogP) is 1.58. The fraction of sp³-hybridized carbons (Fsp3) is 0.857. The van der Waals surface area contributed by atoms with Crippen molar-refractivity contribution in [1.29, 1.82) is 0 Å². The summed E-state index contributed by atoms with van der Waals surface area (Å²) < 4.78 is 0. The van der Waals surface area contributed by atoms with E-state index in [2.05, 4.69) is 5.32 Å². The molecule has 0 aliphatic heterocycles. The molecule has 0 heterocycles. The molecule has 1 atom stereocenters. The van der Waals surface area contributed by atoms with Gasteiger partial charge in [-0.3, -0.25) is 9.59 Å². The van der Waals surface area contributed by atoms with E-state index in [1.807, 2.05) is 0 Å². The molecule has 0 saturated heterocycles. The topological polar surface area (TPSA) is 72.2 Å². The number of carbonyl (C=O) groups is 2. The number of rotatable bonds is 5. The van der Waals surface area contributed by atoms with Crippen molar-refractivity contribution in [2.75, 3.05) is 7.05 Å². The van der Waals surface area contributed by atoms with Crippen molar-refractivity contribution in [2.24, 2.45) is 23.0 Å². The van der Waals surface area contributed by atoms with Gasteiger partial charge in [-0.25, -0.2) is 0 Å². The van der Waals surface area contributed by atoms with Crippen LogP contribution in [0.1, 0.15) is 51.4 Å². The van der Waals surface area contributed by atoms with Crippen molar-refractivity contribution in [1.82, 2.24) is 5.32 Å². The highest BCUT2D eigenvalue weighted by molar-refractivity contribution is 5.90. The summed E-state index contributed by atoms with van der Waals surface area (Å²) in [6.07, 6.45) is 8.09. The second-order valence-electron chi connectivity index (χ2n) is 5.93. The lowest BCUT2D eigenvalue weighted by molar-refractivity contribution is -0.141. The lowest BCUT2D eigenvalue weighted by Gasteiger charge is -2.37. The Morgan fingerprint density at radius 1 is 1.28 bits per heavy atom. The van der Waals surface area contributed by atoms with Crippen LogP contribution in [0.3, 0.4) is 0 Å². The van der Waals surface area contributed by atoms with Gasteiger partial charge in [0.1, 0.15) is 0 Å². The van der Waals surface area contributed by atoms with Gasteiger partial charge in [0, 0.05) is 7.05 Å². The molecule has 2 fully saturated rings. The Kier molecular flexibility index (Phi) is 3.93. The van der Waals surface area contributed by atoms with Crippen LogP contribution in [0.2, 0.25) is 0 Å². The largest absolute Gasteiger partial charge is 0.369 e. The van der Waals surface area contributed by atoms with Crippen LogP contribution >= 0.6 is 0 Å². The lowest BCUT2D eigenvalue weighted by Crippen LogP contribution is -2.48. The van der Waals surface area contributed by atoms with Gasteiger partial charge in [0.25, 0.3) is 0 Å². The molecule has 4 nitrogen and oxygen atoms in total. The third kappa shape index (κ3) is 2.25. The highest BCUT2D eigenvalue weighted by Gasteiger charge is 2.50. The number of nitrogens with two attached hydrogens (primary N) is 1. The summed E-state index contributed by atoms with van der Waals surface area (Å²) >= 11 is 0. The standard InChI is InChI=1S/C14H24N2O2/c1-16-12(17)11(9-10-5-4-6-10)14(13(15)18)7-2-3-8-14/h10-11H,2-9H2,1H3,(H2,15,18)(H,16,17). The van der Waals surface area contributed by atoms with Crippen LogP contribution in [-0.4, -0.2) is 18.9 Å². The van der Waals surface area contributed by atoms with Crippen molar-refractivity contribution < 1.29 is 9.59 Å². The van der Waals surface area contributed by atoms with E-state index in [9.17, 15) is 9.59 Å². The average molecular weight is 252 g/mol. The fourth-order valence-corrected chi connectivity index (χ4v) is 3.59. The summed E-state index contributed by atoms with van der Waals surface area (Å²) in [7, 11) is 1.65. The minimum atomic E-state index is -0.574. The molecule has 4 heteroatoms. The minimum absolute atomic E-state index is 0.00241. The van der Waals surface area contributed by atoms with E-state index in [4.69, 9.17) is 5.73 Å². The second-order valence-corrected chi connectivity index (χ2v) is 5.93. The first kappa shape index (κ1) is 13.4. The Hall–Kier alpha value is -1.06. The monoisotopic (exact) mass is 252 g/mol. The zero-order valence-electron chi connectivity index (χ0n) is 11.2. The first-order valence-corrected chi connectivity index (χ1v) is 7.11. The lowest BCUT2D eigenvalue weighted by atomic mass is 9.66. The number of hydrogen-bond acceptors (Lipinski definition) is 2. The third-order valence-electron chi connectivity index (χ3n) is 5.01. The molecule has 1 unspecified atom stereocenters. The smallest absolute Gasteiger partial charge is 0.224 e. The van der Waals surface area contributed by atoms with Crippen LogP contribution in [0.25, 0.3) is 0 Å². The molecule has 2 amide bonds. The van der Waals surface area contributed by atoms with Gasteiger partial charge in [0.2, 0.25) is 11.8 Å². The van der Waals surface area contributed by atoms with Crippen LogP contribution < -0.4 is 11.1 Å².